The maximum absolute atomic E-state index is 13.2. The van der Waals surface area contributed by atoms with Gasteiger partial charge in [0.05, 0.1) is 20.3 Å². The number of amidine groups is 1. The Hall–Kier alpha value is -1.73. The van der Waals surface area contributed by atoms with Gasteiger partial charge in [-0.3, -0.25) is 15.0 Å². The summed E-state index contributed by atoms with van der Waals surface area (Å²) in [5, 5.41) is 0. The second kappa shape index (κ2) is 8.39. The quantitative estimate of drug-likeness (QED) is 0.570. The van der Waals surface area contributed by atoms with E-state index in [1.807, 2.05) is 30.3 Å². The number of benzene rings is 1. The summed E-state index contributed by atoms with van der Waals surface area (Å²) in [7, 11) is -2.25. The van der Waals surface area contributed by atoms with Crippen LogP contribution in [0.1, 0.15) is 25.5 Å². The predicted molar refractivity (Wildman–Crippen MR) is 89.6 cm³/mol. The molecule has 2 N–H and O–H groups in total. The molecule has 24 heavy (non-hydrogen) atoms. The van der Waals surface area contributed by atoms with Crippen molar-refractivity contribution in [3.05, 3.63) is 35.9 Å². The molecular formula is C15H22N3O5P. The first-order valence-electron chi connectivity index (χ1n) is 7.67. The highest BCUT2D eigenvalue weighted by Crippen LogP contribution is 2.56. The normalized spacial score (nSPS) is 20.9. The van der Waals surface area contributed by atoms with Gasteiger partial charge in [-0.15, -0.1) is 0 Å². The largest absolute Gasteiger partial charge is 0.463 e. The molecular weight excluding hydrogens is 333 g/mol. The third kappa shape index (κ3) is 4.02. The number of hydrazine groups is 1. The minimum atomic E-state index is -3.51. The molecule has 9 heteroatoms. The van der Waals surface area contributed by atoms with Crippen molar-refractivity contribution in [2.45, 2.75) is 25.7 Å². The van der Waals surface area contributed by atoms with Crippen molar-refractivity contribution in [3.63, 3.8) is 0 Å². The molecule has 0 saturated heterocycles. The summed E-state index contributed by atoms with van der Waals surface area (Å²) in [6.45, 7) is 3.93. The Morgan fingerprint density at radius 3 is 2.38 bits per heavy atom. The average Bonchev–Trinajstić information content (AvgIpc) is 2.61. The van der Waals surface area contributed by atoms with Crippen molar-refractivity contribution >= 4 is 19.4 Å². The van der Waals surface area contributed by atoms with Crippen LogP contribution in [0.4, 0.5) is 0 Å². The topological polar surface area (TPSA) is 98.2 Å². The highest BCUT2D eigenvalue weighted by molar-refractivity contribution is 7.54. The molecule has 2 rings (SSSR count). The van der Waals surface area contributed by atoms with Crippen LogP contribution in [-0.2, 0) is 23.1 Å². The highest BCUT2D eigenvalue weighted by Gasteiger charge is 2.45. The van der Waals surface area contributed by atoms with Crippen molar-refractivity contribution in [3.8, 4) is 0 Å². The van der Waals surface area contributed by atoms with Gasteiger partial charge >= 0.3 is 13.6 Å². The molecule has 0 aliphatic carbocycles. The molecule has 0 bridgehead atoms. The fraction of sp³-hybridized carbons (Fsp3) is 0.467. The first-order chi connectivity index (χ1) is 11.6. The van der Waals surface area contributed by atoms with Gasteiger partial charge in [0.2, 0.25) is 5.84 Å². The number of aliphatic imine (C=N–C) groups is 1. The van der Waals surface area contributed by atoms with Crippen molar-refractivity contribution in [2.24, 2.45) is 4.99 Å². The second-order valence-electron chi connectivity index (χ2n) is 4.91. The van der Waals surface area contributed by atoms with Crippen LogP contribution in [0.5, 0.6) is 0 Å². The predicted octanol–water partition coefficient (Wildman–Crippen LogP) is 2.00. The first-order valence-corrected chi connectivity index (χ1v) is 9.28. The van der Waals surface area contributed by atoms with Gasteiger partial charge < -0.3 is 13.8 Å². The van der Waals surface area contributed by atoms with Crippen LogP contribution in [0.3, 0.4) is 0 Å². The van der Waals surface area contributed by atoms with Crippen LogP contribution in [0.15, 0.2) is 35.3 Å². The Morgan fingerprint density at radius 1 is 1.21 bits per heavy atom. The van der Waals surface area contributed by atoms with Crippen molar-refractivity contribution < 1.29 is 23.1 Å². The Kier molecular flexibility index (Phi) is 6.51. The molecule has 0 radical (unpaired) electrons. The standard InChI is InChI=1S/C15H22N3O5P/c1-4-22-24(20,23-5-2)14-12(11-9-7-6-8-10-11)16-13(17-18-14)15(19)21-3/h6-10,12,14,18H,4-5H2,1-3H3,(H,16,17)/t12-,14-/m0/s1. The van der Waals surface area contributed by atoms with Crippen LogP contribution >= 0.6 is 7.60 Å². The molecule has 132 valence electrons. The van der Waals surface area contributed by atoms with Gasteiger partial charge in [-0.25, -0.2) is 10.2 Å². The minimum Gasteiger partial charge on any atom is -0.463 e. The number of methoxy groups -OCH3 is 1. The number of carbonyl (C=O) groups excluding carboxylic acids is 1. The summed E-state index contributed by atoms with van der Waals surface area (Å²) >= 11 is 0. The van der Waals surface area contributed by atoms with Gasteiger partial charge in [-0.1, -0.05) is 30.3 Å². The lowest BCUT2D eigenvalue weighted by Crippen LogP contribution is -2.53. The van der Waals surface area contributed by atoms with E-state index in [0.29, 0.717) is 0 Å². The minimum absolute atomic E-state index is 0.00199. The SMILES string of the molecule is CCOP(=O)(OCC)[C@@H]1NNC(C(=O)OC)=N[C@H]1c1ccccc1. The highest BCUT2D eigenvalue weighted by atomic mass is 31.2. The lowest BCUT2D eigenvalue weighted by atomic mass is 10.1. The molecule has 1 aromatic carbocycles. The molecule has 0 spiro atoms. The summed E-state index contributed by atoms with van der Waals surface area (Å²) in [4.78, 5) is 16.1. The van der Waals surface area contributed by atoms with E-state index < -0.39 is 25.4 Å². The van der Waals surface area contributed by atoms with Crippen molar-refractivity contribution in [1.82, 2.24) is 10.9 Å². The second-order valence-corrected chi connectivity index (χ2v) is 7.07. The number of ether oxygens (including phenoxy) is 1. The molecule has 0 amide bonds. The van der Waals surface area contributed by atoms with Gasteiger partial charge in [0, 0.05) is 0 Å². The zero-order valence-corrected chi connectivity index (χ0v) is 14.8. The van der Waals surface area contributed by atoms with E-state index in [2.05, 4.69) is 20.6 Å². The van der Waals surface area contributed by atoms with Crippen LogP contribution in [0.25, 0.3) is 0 Å². The molecule has 8 nitrogen and oxygen atoms in total. The Balaban J connectivity index is 2.44. The molecule has 1 heterocycles. The van der Waals surface area contributed by atoms with Crippen LogP contribution in [-0.4, -0.2) is 37.9 Å². The summed E-state index contributed by atoms with van der Waals surface area (Å²) in [6, 6.07) is 8.59. The Labute approximate surface area is 141 Å². The van der Waals surface area contributed by atoms with Gasteiger partial charge in [0.15, 0.2) is 5.78 Å². The van der Waals surface area contributed by atoms with Gasteiger partial charge in [0.1, 0.15) is 6.04 Å². The van der Waals surface area contributed by atoms with E-state index in [-0.39, 0.29) is 19.0 Å². The maximum Gasteiger partial charge on any atom is 0.374 e. The molecule has 2 atom stereocenters. The first kappa shape index (κ1) is 18.6. The lowest BCUT2D eigenvalue weighted by Gasteiger charge is -2.34. The smallest absolute Gasteiger partial charge is 0.374 e. The molecule has 0 saturated carbocycles. The van der Waals surface area contributed by atoms with Gasteiger partial charge in [-0.05, 0) is 19.4 Å². The van der Waals surface area contributed by atoms with Gasteiger partial charge in [-0.2, -0.15) is 0 Å². The van der Waals surface area contributed by atoms with E-state index in [9.17, 15) is 9.36 Å². The zero-order valence-electron chi connectivity index (χ0n) is 13.9. The van der Waals surface area contributed by atoms with Gasteiger partial charge in [0.25, 0.3) is 0 Å². The molecule has 0 aromatic heterocycles. The van der Waals surface area contributed by atoms with Crippen molar-refractivity contribution in [2.75, 3.05) is 20.3 Å². The monoisotopic (exact) mass is 355 g/mol. The number of nitrogens with zero attached hydrogens (tertiary/aromatic N) is 1. The van der Waals surface area contributed by atoms with E-state index >= 15 is 0 Å². The molecule has 1 aromatic rings. The maximum atomic E-state index is 13.2. The number of nitrogens with one attached hydrogen (secondary N) is 2. The third-order valence-electron chi connectivity index (χ3n) is 3.38. The van der Waals surface area contributed by atoms with E-state index in [4.69, 9.17) is 9.05 Å². The molecule has 1 aliphatic heterocycles. The third-order valence-corrected chi connectivity index (χ3v) is 5.71. The lowest BCUT2D eigenvalue weighted by molar-refractivity contribution is -0.133. The van der Waals surface area contributed by atoms with Crippen LogP contribution < -0.4 is 10.9 Å². The van der Waals surface area contributed by atoms with E-state index in [1.54, 1.807) is 13.8 Å². The molecule has 0 fully saturated rings. The number of carbonyl (C=O) groups is 1. The molecule has 1 aliphatic rings. The van der Waals surface area contributed by atoms with E-state index in [1.165, 1.54) is 7.11 Å². The number of esters is 1. The number of hydrogen-bond donors (Lipinski definition) is 2. The van der Waals surface area contributed by atoms with Crippen LogP contribution in [0.2, 0.25) is 0 Å². The average molecular weight is 355 g/mol. The Morgan fingerprint density at radius 2 is 1.83 bits per heavy atom. The van der Waals surface area contributed by atoms with E-state index in [0.717, 1.165) is 5.56 Å². The fourth-order valence-electron chi connectivity index (χ4n) is 2.38. The summed E-state index contributed by atoms with van der Waals surface area (Å²) in [5.41, 5.74) is 6.26. The summed E-state index contributed by atoms with van der Waals surface area (Å²) in [6.07, 6.45) is 0. The summed E-state index contributed by atoms with van der Waals surface area (Å²) in [5.74, 6) is -1.40. The van der Waals surface area contributed by atoms with Crippen LogP contribution in [0, 0.1) is 0 Å². The van der Waals surface area contributed by atoms with Crippen molar-refractivity contribution in [1.29, 1.82) is 0 Å². The molecule has 0 unspecified atom stereocenters. The summed E-state index contributed by atoms with van der Waals surface area (Å²) < 4.78 is 28.7. The fourth-order valence-corrected chi connectivity index (χ4v) is 4.30. The number of rotatable bonds is 7. The number of hydrogen-bond acceptors (Lipinski definition) is 8. The Bertz CT molecular complexity index is 627. The zero-order chi connectivity index (χ0) is 17.6.